The van der Waals surface area contributed by atoms with Crippen molar-refractivity contribution in [2.24, 2.45) is 0 Å². The van der Waals surface area contributed by atoms with Crippen molar-refractivity contribution < 1.29 is 9.80 Å². The summed E-state index contributed by atoms with van der Waals surface area (Å²) in [5.74, 6) is 0. The quantitative estimate of drug-likeness (QED) is 0.489. The zero-order valence-corrected chi connectivity index (χ0v) is 19.3. The standard InChI is InChI=1S/2C9H21N2.Mg/c2*1-9(2,3)10-7-6-8-11(4)5;/h2*6-8H2,1-5H3;/q2*-1;+2/p+2. The summed E-state index contributed by atoms with van der Waals surface area (Å²) in [6.45, 7) is 17.4. The van der Waals surface area contributed by atoms with Gasteiger partial charge >= 0.3 is 23.1 Å². The first-order valence-electron chi connectivity index (χ1n) is 8.79. The zero-order valence-electron chi connectivity index (χ0n) is 17.8. The van der Waals surface area contributed by atoms with Gasteiger partial charge in [-0.1, -0.05) is 41.5 Å². The van der Waals surface area contributed by atoms with E-state index in [1.807, 2.05) is 0 Å². The Kier molecular flexibility index (Phi) is 18.4. The van der Waals surface area contributed by atoms with Crippen LogP contribution in [0.25, 0.3) is 10.6 Å². The molecule has 0 spiro atoms. The van der Waals surface area contributed by atoms with E-state index < -0.39 is 0 Å². The van der Waals surface area contributed by atoms with E-state index in [-0.39, 0.29) is 34.1 Å². The van der Waals surface area contributed by atoms with Gasteiger partial charge in [-0.15, -0.1) is 24.2 Å². The van der Waals surface area contributed by atoms with Crippen LogP contribution in [0.15, 0.2) is 0 Å². The number of nitrogens with one attached hydrogen (secondary N) is 2. The summed E-state index contributed by atoms with van der Waals surface area (Å²) in [6, 6.07) is 0. The minimum absolute atomic E-state index is 0. The van der Waals surface area contributed by atoms with Crippen LogP contribution in [0.2, 0.25) is 0 Å². The van der Waals surface area contributed by atoms with Gasteiger partial charge in [0.15, 0.2) is 0 Å². The average molecular weight is 341 g/mol. The van der Waals surface area contributed by atoms with Gasteiger partial charge in [-0.05, 0) is 12.8 Å². The van der Waals surface area contributed by atoms with Crippen LogP contribution in [0.3, 0.4) is 0 Å². The van der Waals surface area contributed by atoms with Gasteiger partial charge in [0.05, 0.1) is 41.3 Å². The maximum absolute atomic E-state index is 4.52. The van der Waals surface area contributed by atoms with Crippen molar-refractivity contribution in [2.45, 2.75) is 65.5 Å². The molecule has 0 aliphatic rings. The third kappa shape index (κ3) is 34.8. The SMILES string of the molecule is C[NH+](C)CCC[N-]C(C)(C)C.C[NH+](C)CCC[N-]C(C)(C)C.[Mg+2]. The minimum atomic E-state index is 0. The van der Waals surface area contributed by atoms with E-state index in [2.05, 4.69) is 80.4 Å². The molecule has 0 aromatic heterocycles. The number of hydrogen-bond acceptors (Lipinski definition) is 0. The second kappa shape index (κ2) is 14.9. The van der Waals surface area contributed by atoms with Crippen molar-refractivity contribution in [3.63, 3.8) is 0 Å². The molecule has 0 unspecified atom stereocenters. The average Bonchev–Trinajstić information content (AvgIpc) is 2.28. The van der Waals surface area contributed by atoms with E-state index in [0.717, 1.165) is 13.1 Å². The number of hydrogen-bond donors (Lipinski definition) is 2. The molecule has 0 radical (unpaired) electrons. The summed E-state index contributed by atoms with van der Waals surface area (Å²) in [6.07, 6.45) is 2.42. The topological polar surface area (TPSA) is 37.1 Å². The molecule has 0 rings (SSSR count). The van der Waals surface area contributed by atoms with E-state index in [0.29, 0.717) is 0 Å². The van der Waals surface area contributed by atoms with E-state index >= 15 is 0 Å². The summed E-state index contributed by atoms with van der Waals surface area (Å²) in [5, 5.41) is 9.03. The summed E-state index contributed by atoms with van der Waals surface area (Å²) in [4.78, 5) is 3.02. The van der Waals surface area contributed by atoms with Crippen LogP contribution in [0, 0.1) is 0 Å². The first-order valence-corrected chi connectivity index (χ1v) is 8.79. The van der Waals surface area contributed by atoms with Crippen LogP contribution in [0.5, 0.6) is 0 Å². The van der Waals surface area contributed by atoms with Crippen LogP contribution >= 0.6 is 0 Å². The normalized spacial score (nSPS) is 12.0. The van der Waals surface area contributed by atoms with Gasteiger partial charge in [0.25, 0.3) is 0 Å². The predicted molar refractivity (Wildman–Crippen MR) is 106 cm³/mol. The Morgan fingerprint density at radius 1 is 0.609 bits per heavy atom. The van der Waals surface area contributed by atoms with Crippen molar-refractivity contribution in [1.29, 1.82) is 0 Å². The molecule has 0 bridgehead atoms. The molecular formula is C18H44MgN4+2. The van der Waals surface area contributed by atoms with Crippen LogP contribution in [0.1, 0.15) is 54.4 Å². The van der Waals surface area contributed by atoms with Crippen LogP contribution in [-0.4, -0.2) is 88.5 Å². The van der Waals surface area contributed by atoms with Gasteiger partial charge in [-0.3, -0.25) is 0 Å². The Bertz CT molecular complexity index is 216. The van der Waals surface area contributed by atoms with Gasteiger partial charge in [0, 0.05) is 0 Å². The first-order chi connectivity index (χ1) is 9.83. The predicted octanol–water partition coefficient (Wildman–Crippen LogP) is 1.01. The van der Waals surface area contributed by atoms with Crippen LogP contribution < -0.4 is 9.80 Å². The summed E-state index contributed by atoms with van der Waals surface area (Å²) in [7, 11) is 8.71. The van der Waals surface area contributed by atoms with E-state index in [4.69, 9.17) is 0 Å². The maximum Gasteiger partial charge on any atom is 2.00 e. The fourth-order valence-electron chi connectivity index (χ4n) is 1.69. The van der Waals surface area contributed by atoms with Gasteiger partial charge < -0.3 is 20.4 Å². The van der Waals surface area contributed by atoms with Crippen LogP contribution in [0.4, 0.5) is 0 Å². The first kappa shape index (κ1) is 28.4. The molecular weight excluding hydrogens is 297 g/mol. The summed E-state index contributed by atoms with van der Waals surface area (Å²) < 4.78 is 0. The molecule has 136 valence electrons. The second-order valence-electron chi connectivity index (χ2n) is 8.73. The number of nitrogens with zero attached hydrogens (tertiary/aromatic N) is 2. The van der Waals surface area contributed by atoms with Gasteiger partial charge in [0.2, 0.25) is 0 Å². The van der Waals surface area contributed by atoms with Crippen molar-refractivity contribution in [2.75, 3.05) is 54.4 Å². The smallest absolute Gasteiger partial charge is 0.657 e. The number of quaternary nitrogens is 2. The maximum atomic E-state index is 4.52. The molecule has 0 saturated carbocycles. The Balaban J connectivity index is -0.000000333. The van der Waals surface area contributed by atoms with Crippen molar-refractivity contribution in [1.82, 2.24) is 0 Å². The molecule has 0 heterocycles. The molecule has 4 nitrogen and oxygen atoms in total. The molecule has 0 saturated heterocycles. The molecule has 0 fully saturated rings. The molecule has 0 aromatic rings. The zero-order chi connectivity index (χ0) is 17.8. The van der Waals surface area contributed by atoms with Crippen molar-refractivity contribution >= 4 is 23.1 Å². The fourth-order valence-corrected chi connectivity index (χ4v) is 1.69. The molecule has 0 aromatic carbocycles. The van der Waals surface area contributed by atoms with E-state index in [9.17, 15) is 0 Å². The van der Waals surface area contributed by atoms with Crippen molar-refractivity contribution in [3.05, 3.63) is 10.6 Å². The molecule has 0 aliphatic carbocycles. The molecule has 5 heteroatoms. The Labute approximate surface area is 163 Å². The molecule has 23 heavy (non-hydrogen) atoms. The van der Waals surface area contributed by atoms with Gasteiger partial charge in [-0.25, -0.2) is 0 Å². The van der Waals surface area contributed by atoms with E-state index in [1.54, 1.807) is 0 Å². The monoisotopic (exact) mass is 340 g/mol. The number of rotatable bonds is 8. The molecule has 2 N–H and O–H groups in total. The molecule has 0 amide bonds. The Hall–Kier alpha value is 0.606. The Morgan fingerprint density at radius 2 is 0.870 bits per heavy atom. The second-order valence-corrected chi connectivity index (χ2v) is 8.73. The third-order valence-electron chi connectivity index (χ3n) is 2.84. The fraction of sp³-hybridized carbons (Fsp3) is 1.00. The van der Waals surface area contributed by atoms with Crippen LogP contribution in [-0.2, 0) is 0 Å². The molecule has 0 atom stereocenters. The summed E-state index contributed by atoms with van der Waals surface area (Å²) in [5.41, 5.74) is 0.309. The van der Waals surface area contributed by atoms with Crippen molar-refractivity contribution in [3.8, 4) is 0 Å². The third-order valence-corrected chi connectivity index (χ3v) is 2.84. The van der Waals surface area contributed by atoms with E-state index in [1.165, 1.54) is 35.7 Å². The van der Waals surface area contributed by atoms with Gasteiger partial charge in [-0.2, -0.15) is 0 Å². The largest absolute Gasteiger partial charge is 2.00 e. The minimum Gasteiger partial charge on any atom is -0.657 e. The summed E-state index contributed by atoms with van der Waals surface area (Å²) >= 11 is 0. The van der Waals surface area contributed by atoms with Gasteiger partial charge in [0.1, 0.15) is 0 Å². The Morgan fingerprint density at radius 3 is 1.04 bits per heavy atom. The molecule has 0 aliphatic heterocycles.